The SMILES string of the molecule is O=C(Cl)CCC(=O)c1ccc(S(=O)(=O)Cl)cc1. The maximum absolute atomic E-state index is 11.5. The number of benzene rings is 1. The minimum Gasteiger partial charge on any atom is -0.294 e. The summed E-state index contributed by atoms with van der Waals surface area (Å²) in [5, 5.41) is -0.585. The predicted molar refractivity (Wildman–Crippen MR) is 63.9 cm³/mol. The van der Waals surface area contributed by atoms with Gasteiger partial charge in [-0.05, 0) is 23.7 Å². The zero-order chi connectivity index (χ0) is 13.1. The topological polar surface area (TPSA) is 68.3 Å². The Hall–Kier alpha value is -0.910. The molecule has 0 unspecified atom stereocenters. The van der Waals surface area contributed by atoms with Crippen LogP contribution >= 0.6 is 22.3 Å². The summed E-state index contributed by atoms with van der Waals surface area (Å²) >= 11 is 5.11. The first-order valence-electron chi connectivity index (χ1n) is 4.57. The molecule has 0 aliphatic rings. The highest BCUT2D eigenvalue weighted by Gasteiger charge is 2.12. The van der Waals surface area contributed by atoms with E-state index in [4.69, 9.17) is 22.3 Å². The van der Waals surface area contributed by atoms with E-state index in [1.165, 1.54) is 24.3 Å². The van der Waals surface area contributed by atoms with Crippen molar-refractivity contribution in [3.8, 4) is 0 Å². The molecule has 0 bridgehead atoms. The average molecular weight is 295 g/mol. The van der Waals surface area contributed by atoms with Gasteiger partial charge in [0.15, 0.2) is 5.78 Å². The first-order chi connectivity index (χ1) is 7.80. The molecule has 0 fully saturated rings. The fourth-order valence-corrected chi connectivity index (χ4v) is 2.02. The molecule has 0 aromatic heterocycles. The number of halogens is 2. The Bertz CT molecular complexity index is 534. The Morgan fingerprint density at radius 2 is 1.59 bits per heavy atom. The normalized spacial score (nSPS) is 11.2. The quantitative estimate of drug-likeness (QED) is 0.617. The molecule has 1 aromatic rings. The molecule has 0 saturated heterocycles. The number of rotatable bonds is 5. The van der Waals surface area contributed by atoms with E-state index in [0.717, 1.165) is 0 Å². The highest BCUT2D eigenvalue weighted by atomic mass is 35.7. The molecular formula is C10H8Cl2O4S. The molecule has 0 aliphatic carbocycles. The van der Waals surface area contributed by atoms with Crippen molar-refractivity contribution >= 4 is 42.4 Å². The second-order valence-electron chi connectivity index (χ2n) is 3.24. The van der Waals surface area contributed by atoms with Gasteiger partial charge in [-0.1, -0.05) is 12.1 Å². The number of hydrogen-bond donors (Lipinski definition) is 0. The van der Waals surface area contributed by atoms with Crippen molar-refractivity contribution < 1.29 is 18.0 Å². The number of carbonyl (C=O) groups is 2. The summed E-state index contributed by atoms with van der Waals surface area (Å²) in [6.07, 6.45) is -0.0503. The van der Waals surface area contributed by atoms with Gasteiger partial charge in [0.05, 0.1) is 4.90 Å². The molecule has 0 spiro atoms. The van der Waals surface area contributed by atoms with Crippen molar-refractivity contribution in [1.29, 1.82) is 0 Å². The second-order valence-corrected chi connectivity index (χ2v) is 6.23. The number of Topliss-reactive ketones (excluding diaryl/α,β-unsaturated/α-hetero) is 1. The van der Waals surface area contributed by atoms with Crippen molar-refractivity contribution in [2.75, 3.05) is 0 Å². The van der Waals surface area contributed by atoms with Gasteiger partial charge in [0.1, 0.15) is 0 Å². The standard InChI is InChI=1S/C10H8Cl2O4S/c11-10(14)6-5-9(13)7-1-3-8(4-2-7)17(12,15)16/h1-4H,5-6H2. The highest BCUT2D eigenvalue weighted by molar-refractivity contribution is 8.13. The van der Waals surface area contributed by atoms with Crippen LogP contribution in [0.25, 0.3) is 0 Å². The molecule has 1 rings (SSSR count). The molecule has 1 aromatic carbocycles. The third kappa shape index (κ3) is 4.46. The highest BCUT2D eigenvalue weighted by Crippen LogP contribution is 2.16. The van der Waals surface area contributed by atoms with Crippen molar-refractivity contribution in [2.24, 2.45) is 0 Å². The first-order valence-corrected chi connectivity index (χ1v) is 7.25. The average Bonchev–Trinajstić information content (AvgIpc) is 2.25. The fraction of sp³-hybridized carbons (Fsp3) is 0.200. The largest absolute Gasteiger partial charge is 0.294 e. The van der Waals surface area contributed by atoms with Crippen LogP contribution in [0.1, 0.15) is 23.2 Å². The van der Waals surface area contributed by atoms with Gasteiger partial charge in [-0.25, -0.2) is 8.42 Å². The smallest absolute Gasteiger partial charge is 0.261 e. The lowest BCUT2D eigenvalue weighted by molar-refractivity contribution is -0.111. The summed E-state index contributed by atoms with van der Waals surface area (Å²) in [5.74, 6) is -0.280. The molecule has 0 saturated carbocycles. The minimum atomic E-state index is -3.79. The van der Waals surface area contributed by atoms with E-state index in [0.29, 0.717) is 5.56 Å². The van der Waals surface area contributed by atoms with E-state index in [-0.39, 0.29) is 23.5 Å². The van der Waals surface area contributed by atoms with E-state index in [1.807, 2.05) is 0 Å². The van der Waals surface area contributed by atoms with Gasteiger partial charge in [0, 0.05) is 29.1 Å². The third-order valence-electron chi connectivity index (χ3n) is 2.01. The lowest BCUT2D eigenvalue weighted by atomic mass is 10.1. The zero-order valence-corrected chi connectivity index (χ0v) is 10.8. The summed E-state index contributed by atoms with van der Waals surface area (Å²) in [7, 11) is 1.33. The molecule has 0 N–H and O–H groups in total. The van der Waals surface area contributed by atoms with E-state index < -0.39 is 14.3 Å². The van der Waals surface area contributed by atoms with E-state index >= 15 is 0 Å². The van der Waals surface area contributed by atoms with E-state index in [2.05, 4.69) is 0 Å². The van der Waals surface area contributed by atoms with Crippen LogP contribution in [0.2, 0.25) is 0 Å². The summed E-state index contributed by atoms with van der Waals surface area (Å²) in [6.45, 7) is 0. The van der Waals surface area contributed by atoms with Gasteiger partial charge in [0.25, 0.3) is 9.05 Å². The Kier molecular flexibility index (Phi) is 4.68. The number of hydrogen-bond acceptors (Lipinski definition) is 4. The van der Waals surface area contributed by atoms with Gasteiger partial charge in [0.2, 0.25) is 5.24 Å². The minimum absolute atomic E-state index is 0.00466. The molecule has 0 atom stereocenters. The van der Waals surface area contributed by atoms with Crippen molar-refractivity contribution in [3.05, 3.63) is 29.8 Å². The Labute approximate surface area is 108 Å². The molecule has 0 heterocycles. The first kappa shape index (κ1) is 14.2. The lowest BCUT2D eigenvalue weighted by Crippen LogP contribution is -2.01. The molecular weight excluding hydrogens is 287 g/mol. The van der Waals surface area contributed by atoms with Crippen LogP contribution in [0, 0.1) is 0 Å². The Balaban J connectivity index is 2.81. The molecule has 0 aliphatic heterocycles. The third-order valence-corrected chi connectivity index (χ3v) is 3.57. The maximum Gasteiger partial charge on any atom is 0.261 e. The molecule has 4 nitrogen and oxygen atoms in total. The fourth-order valence-electron chi connectivity index (χ4n) is 1.16. The van der Waals surface area contributed by atoms with E-state index in [1.54, 1.807) is 0 Å². The summed E-state index contributed by atoms with van der Waals surface area (Å²) in [5.41, 5.74) is 0.312. The van der Waals surface area contributed by atoms with Gasteiger partial charge >= 0.3 is 0 Å². The predicted octanol–water partition coefficient (Wildman–Crippen LogP) is 2.34. The Morgan fingerprint density at radius 3 is 2.00 bits per heavy atom. The lowest BCUT2D eigenvalue weighted by Gasteiger charge is -2.00. The maximum atomic E-state index is 11.5. The van der Waals surface area contributed by atoms with Crippen LogP contribution in [0.15, 0.2) is 29.2 Å². The molecule has 17 heavy (non-hydrogen) atoms. The van der Waals surface area contributed by atoms with Crippen molar-refractivity contribution in [3.63, 3.8) is 0 Å². The van der Waals surface area contributed by atoms with Crippen LogP contribution < -0.4 is 0 Å². The van der Waals surface area contributed by atoms with Crippen LogP contribution in [-0.2, 0) is 13.8 Å². The van der Waals surface area contributed by atoms with Gasteiger partial charge < -0.3 is 0 Å². The van der Waals surface area contributed by atoms with Gasteiger partial charge in [-0.3, -0.25) is 9.59 Å². The van der Waals surface area contributed by atoms with Crippen LogP contribution in [0.3, 0.4) is 0 Å². The van der Waals surface area contributed by atoms with Gasteiger partial charge in [-0.2, -0.15) is 0 Å². The zero-order valence-electron chi connectivity index (χ0n) is 8.52. The number of carbonyl (C=O) groups excluding carboxylic acids is 2. The second kappa shape index (κ2) is 5.62. The van der Waals surface area contributed by atoms with Crippen LogP contribution in [-0.4, -0.2) is 19.4 Å². The summed E-state index contributed by atoms with van der Waals surface area (Å²) < 4.78 is 21.9. The van der Waals surface area contributed by atoms with E-state index in [9.17, 15) is 18.0 Å². The summed E-state index contributed by atoms with van der Waals surface area (Å²) in [4.78, 5) is 21.9. The summed E-state index contributed by atoms with van der Waals surface area (Å²) in [6, 6.07) is 5.16. The van der Waals surface area contributed by atoms with Crippen molar-refractivity contribution in [2.45, 2.75) is 17.7 Å². The van der Waals surface area contributed by atoms with Gasteiger partial charge in [-0.15, -0.1) is 0 Å². The van der Waals surface area contributed by atoms with Crippen LogP contribution in [0.5, 0.6) is 0 Å². The molecule has 7 heteroatoms. The molecule has 0 radical (unpaired) electrons. The monoisotopic (exact) mass is 294 g/mol. The molecule has 0 amide bonds. The molecule has 92 valence electrons. The number of ketones is 1. The van der Waals surface area contributed by atoms with Crippen molar-refractivity contribution in [1.82, 2.24) is 0 Å². The van der Waals surface area contributed by atoms with Crippen LogP contribution in [0.4, 0.5) is 0 Å². The Morgan fingerprint density at radius 1 is 1.06 bits per heavy atom.